The Morgan fingerprint density at radius 2 is 1.59 bits per heavy atom. The molecule has 1 aliphatic rings. The summed E-state index contributed by atoms with van der Waals surface area (Å²) >= 11 is 0. The fourth-order valence-corrected chi connectivity index (χ4v) is 2.76. The molecule has 0 aromatic heterocycles. The van der Waals surface area contributed by atoms with Gasteiger partial charge in [0.05, 0.1) is 12.2 Å². The van der Waals surface area contributed by atoms with Crippen molar-refractivity contribution in [3.05, 3.63) is 64.2 Å². The van der Waals surface area contributed by atoms with Crippen molar-refractivity contribution in [2.75, 3.05) is 18.9 Å². The maximum absolute atomic E-state index is 12.8. The van der Waals surface area contributed by atoms with Crippen molar-refractivity contribution in [3.8, 4) is 0 Å². The van der Waals surface area contributed by atoms with Crippen LogP contribution in [0.2, 0.25) is 0 Å². The van der Waals surface area contributed by atoms with Gasteiger partial charge in [-0.3, -0.25) is 9.59 Å². The Balaban J connectivity index is 2.14. The number of rotatable bonds is 4. The molecule has 0 atom stereocenters. The summed E-state index contributed by atoms with van der Waals surface area (Å²) in [5.41, 5.74) is 8.43. The van der Waals surface area contributed by atoms with Crippen molar-refractivity contribution in [2.24, 2.45) is 0 Å². The lowest BCUT2D eigenvalue weighted by molar-refractivity contribution is 0.0979. The zero-order valence-corrected chi connectivity index (χ0v) is 11.9. The quantitative estimate of drug-likeness (QED) is 0.496. The van der Waals surface area contributed by atoms with Crippen LogP contribution in [0.5, 0.6) is 0 Å². The molecule has 0 heterocycles. The lowest BCUT2D eigenvalue weighted by Crippen LogP contribution is -2.26. The third-order valence-electron chi connectivity index (χ3n) is 3.80. The van der Waals surface area contributed by atoms with E-state index in [4.69, 9.17) is 10.8 Å². The van der Waals surface area contributed by atoms with Crippen LogP contribution in [-0.4, -0.2) is 29.8 Å². The zero-order chi connectivity index (χ0) is 15.7. The number of anilines is 1. The van der Waals surface area contributed by atoms with Crippen molar-refractivity contribution in [3.63, 3.8) is 0 Å². The molecular formula is C17H16N2O3. The Hall–Kier alpha value is -2.50. The molecule has 0 bridgehead atoms. The minimum absolute atomic E-state index is 0.00682. The summed E-state index contributed by atoms with van der Waals surface area (Å²) in [5.74, 6) is -0.398. The van der Waals surface area contributed by atoms with Gasteiger partial charge in [0.15, 0.2) is 11.6 Å². The molecule has 0 saturated heterocycles. The predicted molar refractivity (Wildman–Crippen MR) is 83.0 cm³/mol. The van der Waals surface area contributed by atoms with Gasteiger partial charge in [-0.15, -0.1) is 0 Å². The molecule has 0 spiro atoms. The van der Waals surface area contributed by atoms with Gasteiger partial charge in [-0.1, -0.05) is 30.3 Å². The van der Waals surface area contributed by atoms with E-state index >= 15 is 0 Å². The second-order valence-corrected chi connectivity index (χ2v) is 5.17. The van der Waals surface area contributed by atoms with E-state index in [1.54, 1.807) is 36.4 Å². The summed E-state index contributed by atoms with van der Waals surface area (Å²) in [6.45, 7) is 0.815. The minimum Gasteiger partial charge on any atom is -0.398 e. The van der Waals surface area contributed by atoms with Crippen molar-refractivity contribution in [1.29, 1.82) is 0 Å². The smallest absolute Gasteiger partial charge is 0.196 e. The summed E-state index contributed by atoms with van der Waals surface area (Å²) < 4.78 is 0. The fourth-order valence-electron chi connectivity index (χ4n) is 2.76. The van der Waals surface area contributed by atoms with Crippen molar-refractivity contribution >= 4 is 17.3 Å². The highest BCUT2D eigenvalue weighted by atomic mass is 16.3. The van der Waals surface area contributed by atoms with Crippen LogP contribution in [0.25, 0.3) is 0 Å². The average Bonchev–Trinajstić information content (AvgIpc) is 2.54. The van der Waals surface area contributed by atoms with Gasteiger partial charge in [0, 0.05) is 35.5 Å². The van der Waals surface area contributed by atoms with Gasteiger partial charge in [0.1, 0.15) is 0 Å². The first-order chi connectivity index (χ1) is 10.6. The standard InChI is InChI=1S/C17H16N2O3/c18-13-6-5-10(9-19-7-8-20)14-15(13)17(22)12-4-2-1-3-11(12)16(14)21/h1-6,19-20H,7-9,18H2. The molecule has 3 rings (SSSR count). The number of ketones is 2. The highest BCUT2D eigenvalue weighted by molar-refractivity contribution is 6.30. The average molecular weight is 296 g/mol. The Bertz CT molecular complexity index is 768. The van der Waals surface area contributed by atoms with Crippen molar-refractivity contribution < 1.29 is 14.7 Å². The van der Waals surface area contributed by atoms with E-state index in [1.807, 2.05) is 0 Å². The van der Waals surface area contributed by atoms with Gasteiger partial charge in [0.25, 0.3) is 0 Å². The summed E-state index contributed by atoms with van der Waals surface area (Å²) in [6, 6.07) is 10.2. The van der Waals surface area contributed by atoms with Crippen LogP contribution in [0.15, 0.2) is 36.4 Å². The first kappa shape index (κ1) is 14.4. The van der Waals surface area contributed by atoms with E-state index in [9.17, 15) is 9.59 Å². The summed E-state index contributed by atoms with van der Waals surface area (Å²) in [7, 11) is 0. The van der Waals surface area contributed by atoms with Crippen LogP contribution < -0.4 is 11.1 Å². The van der Waals surface area contributed by atoms with Gasteiger partial charge in [0.2, 0.25) is 0 Å². The third-order valence-corrected chi connectivity index (χ3v) is 3.80. The number of hydrogen-bond acceptors (Lipinski definition) is 5. The zero-order valence-electron chi connectivity index (χ0n) is 11.9. The molecule has 4 N–H and O–H groups in total. The van der Waals surface area contributed by atoms with Gasteiger partial charge in [-0.05, 0) is 11.6 Å². The molecule has 0 aliphatic heterocycles. The molecule has 0 unspecified atom stereocenters. The Labute approximate surface area is 127 Å². The highest BCUT2D eigenvalue weighted by Crippen LogP contribution is 2.32. The lowest BCUT2D eigenvalue weighted by Gasteiger charge is -2.21. The Morgan fingerprint density at radius 3 is 2.23 bits per heavy atom. The van der Waals surface area contributed by atoms with Gasteiger partial charge >= 0.3 is 0 Å². The van der Waals surface area contributed by atoms with Gasteiger partial charge in [-0.2, -0.15) is 0 Å². The third kappa shape index (κ3) is 2.20. The molecule has 0 radical (unpaired) electrons. The van der Waals surface area contributed by atoms with E-state index < -0.39 is 0 Å². The number of hydrogen-bond donors (Lipinski definition) is 3. The molecule has 5 heteroatoms. The largest absolute Gasteiger partial charge is 0.398 e. The van der Waals surface area contributed by atoms with Gasteiger partial charge in [-0.25, -0.2) is 0 Å². The molecule has 1 aliphatic carbocycles. The van der Waals surface area contributed by atoms with E-state index in [0.717, 1.165) is 0 Å². The number of aliphatic hydroxyl groups is 1. The summed E-state index contributed by atoms with van der Waals surface area (Å²) in [6.07, 6.45) is 0. The first-order valence-electron chi connectivity index (χ1n) is 7.06. The van der Waals surface area contributed by atoms with E-state index in [2.05, 4.69) is 5.32 Å². The fraction of sp³-hybridized carbons (Fsp3) is 0.176. The predicted octanol–water partition coefficient (Wildman–Crippen LogP) is 1.13. The van der Waals surface area contributed by atoms with Crippen LogP contribution in [0.3, 0.4) is 0 Å². The SMILES string of the molecule is Nc1ccc(CNCCO)c2c1C(=O)c1ccccc1C2=O. The Morgan fingerprint density at radius 1 is 0.955 bits per heavy atom. The number of nitrogens with one attached hydrogen (secondary N) is 1. The molecule has 112 valence electrons. The van der Waals surface area contributed by atoms with E-state index in [-0.39, 0.29) is 23.7 Å². The molecule has 2 aromatic carbocycles. The van der Waals surface area contributed by atoms with Crippen LogP contribution in [0.1, 0.15) is 37.4 Å². The molecule has 2 aromatic rings. The number of carbonyl (C=O) groups excluding carboxylic acids is 2. The van der Waals surface area contributed by atoms with Crippen molar-refractivity contribution in [2.45, 2.75) is 6.54 Å². The maximum atomic E-state index is 12.8. The highest BCUT2D eigenvalue weighted by Gasteiger charge is 2.32. The topological polar surface area (TPSA) is 92.4 Å². The first-order valence-corrected chi connectivity index (χ1v) is 7.06. The number of carbonyl (C=O) groups is 2. The van der Waals surface area contributed by atoms with Gasteiger partial charge < -0.3 is 16.2 Å². The normalized spacial score (nSPS) is 13.0. The second kappa shape index (κ2) is 5.71. The van der Waals surface area contributed by atoms with Crippen LogP contribution in [0.4, 0.5) is 5.69 Å². The number of benzene rings is 2. The van der Waals surface area contributed by atoms with E-state index in [1.165, 1.54) is 0 Å². The molecule has 0 fully saturated rings. The summed E-state index contributed by atoms with van der Waals surface area (Å²) in [4.78, 5) is 25.4. The molecule has 22 heavy (non-hydrogen) atoms. The number of nitrogen functional groups attached to an aromatic ring is 1. The summed E-state index contributed by atoms with van der Waals surface area (Å²) in [5, 5.41) is 11.9. The van der Waals surface area contributed by atoms with Crippen LogP contribution >= 0.6 is 0 Å². The van der Waals surface area contributed by atoms with Crippen molar-refractivity contribution in [1.82, 2.24) is 5.32 Å². The molecule has 0 saturated carbocycles. The van der Waals surface area contributed by atoms with Crippen LogP contribution in [-0.2, 0) is 6.54 Å². The lowest BCUT2D eigenvalue weighted by atomic mass is 9.81. The number of nitrogens with two attached hydrogens (primary N) is 1. The number of aliphatic hydroxyl groups excluding tert-OH is 1. The molecule has 5 nitrogen and oxygen atoms in total. The second-order valence-electron chi connectivity index (χ2n) is 5.17. The number of fused-ring (bicyclic) bond motifs is 2. The van der Waals surface area contributed by atoms with Crippen LogP contribution in [0, 0.1) is 0 Å². The monoisotopic (exact) mass is 296 g/mol. The molecule has 0 amide bonds. The molecular weight excluding hydrogens is 280 g/mol. The van der Waals surface area contributed by atoms with E-state index in [0.29, 0.717) is 41.0 Å². The maximum Gasteiger partial charge on any atom is 0.196 e. The Kier molecular flexibility index (Phi) is 3.75. The minimum atomic E-state index is -0.216.